The van der Waals surface area contributed by atoms with Crippen molar-refractivity contribution in [3.63, 3.8) is 0 Å². The molecule has 3 rings (SSSR count). The van der Waals surface area contributed by atoms with Crippen molar-refractivity contribution in [3.8, 4) is 6.07 Å². The number of fused-ring (bicyclic) bond motifs is 1. The number of thioether (sulfide) groups is 1. The van der Waals surface area contributed by atoms with Crippen molar-refractivity contribution in [2.75, 3.05) is 0 Å². The first kappa shape index (κ1) is 12.9. The number of nitrogens with one attached hydrogen (secondary N) is 1. The van der Waals surface area contributed by atoms with Crippen LogP contribution in [0.5, 0.6) is 0 Å². The van der Waals surface area contributed by atoms with Gasteiger partial charge in [-0.15, -0.1) is 0 Å². The molecule has 0 radical (unpaired) electrons. The molecule has 2 aromatic heterocycles. The van der Waals surface area contributed by atoms with E-state index in [0.717, 1.165) is 16.1 Å². The van der Waals surface area contributed by atoms with E-state index in [-0.39, 0.29) is 0 Å². The fraction of sp³-hybridized carbons (Fsp3) is 0.0769. The van der Waals surface area contributed by atoms with E-state index in [2.05, 4.69) is 26.0 Å². The first-order chi connectivity index (χ1) is 9.78. The summed E-state index contributed by atoms with van der Waals surface area (Å²) in [5.41, 5.74) is 2.99. The van der Waals surface area contributed by atoms with Gasteiger partial charge in [0, 0.05) is 10.8 Å². The second-order valence-electron chi connectivity index (χ2n) is 3.99. The average molecular weight is 302 g/mol. The van der Waals surface area contributed by atoms with Crippen LogP contribution in [0.15, 0.2) is 35.9 Å². The van der Waals surface area contributed by atoms with Gasteiger partial charge in [0.25, 0.3) is 0 Å². The third-order valence-corrected chi connectivity index (χ3v) is 4.12. The van der Waals surface area contributed by atoms with Crippen LogP contribution in [0, 0.1) is 11.3 Å². The van der Waals surface area contributed by atoms with Crippen molar-refractivity contribution in [2.45, 2.75) is 10.8 Å². The lowest BCUT2D eigenvalue weighted by Gasteiger charge is -2.04. The third-order valence-electron chi connectivity index (χ3n) is 2.73. The van der Waals surface area contributed by atoms with E-state index >= 15 is 0 Å². The van der Waals surface area contributed by atoms with Gasteiger partial charge in [0.1, 0.15) is 16.9 Å². The van der Waals surface area contributed by atoms with Crippen molar-refractivity contribution in [1.29, 1.82) is 5.26 Å². The number of hydrogen-bond acceptors (Lipinski definition) is 5. The molecule has 98 valence electrons. The highest BCUT2D eigenvalue weighted by atomic mass is 35.5. The van der Waals surface area contributed by atoms with E-state index in [0.29, 0.717) is 22.0 Å². The van der Waals surface area contributed by atoms with Gasteiger partial charge in [0.05, 0.1) is 18.0 Å². The van der Waals surface area contributed by atoms with Crippen LogP contribution in [0.1, 0.15) is 11.1 Å². The topological polar surface area (TPSA) is 78.2 Å². The van der Waals surface area contributed by atoms with E-state index in [9.17, 15) is 0 Å². The molecule has 0 aliphatic heterocycles. The van der Waals surface area contributed by atoms with Crippen LogP contribution >= 0.6 is 23.4 Å². The predicted octanol–water partition coefficient (Wildman–Crippen LogP) is 3.17. The first-order valence-electron chi connectivity index (χ1n) is 5.73. The van der Waals surface area contributed by atoms with Crippen molar-refractivity contribution in [2.24, 2.45) is 0 Å². The second kappa shape index (κ2) is 5.49. The Kier molecular flexibility index (Phi) is 3.54. The Morgan fingerprint density at radius 3 is 3.00 bits per heavy atom. The van der Waals surface area contributed by atoms with Gasteiger partial charge in [-0.3, -0.25) is 0 Å². The van der Waals surface area contributed by atoms with Gasteiger partial charge >= 0.3 is 0 Å². The maximum atomic E-state index is 8.81. The summed E-state index contributed by atoms with van der Waals surface area (Å²) in [5.74, 6) is 0.662. The fourth-order valence-corrected chi connectivity index (χ4v) is 3.02. The summed E-state index contributed by atoms with van der Waals surface area (Å²) < 4.78 is 0. The van der Waals surface area contributed by atoms with Gasteiger partial charge in [-0.25, -0.2) is 15.0 Å². The maximum absolute atomic E-state index is 8.81. The smallest absolute Gasteiger partial charge is 0.181 e. The number of nitrogens with zero attached hydrogens (tertiary/aromatic N) is 4. The van der Waals surface area contributed by atoms with Crippen LogP contribution in [0.25, 0.3) is 11.2 Å². The molecule has 0 fully saturated rings. The Morgan fingerprint density at radius 1 is 1.30 bits per heavy atom. The molecule has 0 aliphatic carbocycles. The van der Waals surface area contributed by atoms with Crippen LogP contribution in [-0.4, -0.2) is 19.9 Å². The van der Waals surface area contributed by atoms with E-state index in [1.54, 1.807) is 30.2 Å². The molecule has 2 heterocycles. The number of H-pyrrole nitrogens is 1. The Labute approximate surface area is 124 Å². The zero-order valence-corrected chi connectivity index (χ0v) is 11.7. The number of aromatic nitrogens is 4. The summed E-state index contributed by atoms with van der Waals surface area (Å²) in [6.45, 7) is 0. The number of imidazole rings is 1. The Balaban J connectivity index is 1.83. The fourth-order valence-electron chi connectivity index (χ4n) is 1.73. The van der Waals surface area contributed by atoms with Crippen LogP contribution < -0.4 is 0 Å². The van der Waals surface area contributed by atoms with E-state index in [1.165, 1.54) is 6.33 Å². The van der Waals surface area contributed by atoms with Gasteiger partial charge in [-0.05, 0) is 17.7 Å². The monoisotopic (exact) mass is 301 g/mol. The minimum absolute atomic E-state index is 0.557. The summed E-state index contributed by atoms with van der Waals surface area (Å²) in [4.78, 5) is 15.4. The highest BCUT2D eigenvalue weighted by Crippen LogP contribution is 2.28. The molecule has 0 spiro atoms. The normalized spacial score (nSPS) is 10.6. The summed E-state index contributed by atoms with van der Waals surface area (Å²) >= 11 is 7.70. The molecule has 1 N–H and O–H groups in total. The largest absolute Gasteiger partial charge is 0.341 e. The molecule has 5 nitrogen and oxygen atoms in total. The number of nitriles is 1. The van der Waals surface area contributed by atoms with Crippen molar-refractivity contribution in [1.82, 2.24) is 19.9 Å². The molecular weight excluding hydrogens is 294 g/mol. The molecule has 0 bridgehead atoms. The van der Waals surface area contributed by atoms with Gasteiger partial charge in [0.15, 0.2) is 5.65 Å². The van der Waals surface area contributed by atoms with Gasteiger partial charge in [-0.1, -0.05) is 29.4 Å². The van der Waals surface area contributed by atoms with Gasteiger partial charge in [-0.2, -0.15) is 5.26 Å². The second-order valence-corrected chi connectivity index (χ2v) is 5.36. The number of rotatable bonds is 3. The van der Waals surface area contributed by atoms with Crippen LogP contribution in [0.2, 0.25) is 5.02 Å². The van der Waals surface area contributed by atoms with Crippen LogP contribution in [0.3, 0.4) is 0 Å². The van der Waals surface area contributed by atoms with Gasteiger partial charge < -0.3 is 4.98 Å². The molecular formula is C13H8ClN5S. The standard InChI is InChI=1S/C13H8ClN5S/c14-10-3-8(4-15)1-2-9(10)5-20-13-11-12(17-6-16-11)18-7-19-13/h1-3,6-7H,5H2,(H,16,17,18,19). The van der Waals surface area contributed by atoms with E-state index in [1.807, 2.05) is 6.07 Å². The lowest BCUT2D eigenvalue weighted by Crippen LogP contribution is -1.89. The molecule has 0 amide bonds. The molecule has 0 saturated heterocycles. The number of hydrogen-bond donors (Lipinski definition) is 1. The Morgan fingerprint density at radius 2 is 2.20 bits per heavy atom. The molecule has 0 aliphatic rings. The Bertz CT molecular complexity index is 808. The minimum atomic E-state index is 0.557. The lowest BCUT2D eigenvalue weighted by atomic mass is 10.2. The lowest BCUT2D eigenvalue weighted by molar-refractivity contribution is 1.08. The third kappa shape index (κ3) is 2.46. The summed E-state index contributed by atoms with van der Waals surface area (Å²) in [5, 5.41) is 10.2. The molecule has 7 heteroatoms. The molecule has 0 atom stereocenters. The van der Waals surface area contributed by atoms with Crippen molar-refractivity contribution >= 4 is 34.5 Å². The number of halogens is 1. The molecule has 20 heavy (non-hydrogen) atoms. The molecule has 0 unspecified atom stereocenters. The molecule has 3 aromatic rings. The number of aromatic amines is 1. The summed E-state index contributed by atoms with van der Waals surface area (Å²) in [6, 6.07) is 7.35. The van der Waals surface area contributed by atoms with Crippen molar-refractivity contribution in [3.05, 3.63) is 47.0 Å². The summed E-state index contributed by atoms with van der Waals surface area (Å²) in [7, 11) is 0. The van der Waals surface area contributed by atoms with Gasteiger partial charge in [0.2, 0.25) is 0 Å². The Hall–Kier alpha value is -2.10. The highest BCUT2D eigenvalue weighted by Gasteiger charge is 2.08. The molecule has 1 aromatic carbocycles. The SMILES string of the molecule is N#Cc1ccc(CSc2ncnc3nc[nH]c23)c(Cl)c1. The van der Waals surface area contributed by atoms with E-state index in [4.69, 9.17) is 16.9 Å². The first-order valence-corrected chi connectivity index (χ1v) is 7.09. The van der Waals surface area contributed by atoms with E-state index < -0.39 is 0 Å². The zero-order chi connectivity index (χ0) is 13.9. The minimum Gasteiger partial charge on any atom is -0.341 e. The van der Waals surface area contributed by atoms with Crippen molar-refractivity contribution < 1.29 is 0 Å². The predicted molar refractivity (Wildman–Crippen MR) is 77.4 cm³/mol. The average Bonchev–Trinajstić information content (AvgIpc) is 2.95. The number of benzene rings is 1. The van der Waals surface area contributed by atoms with Crippen LogP contribution in [0.4, 0.5) is 0 Å². The maximum Gasteiger partial charge on any atom is 0.181 e. The van der Waals surface area contributed by atoms with Crippen LogP contribution in [-0.2, 0) is 5.75 Å². The molecule has 0 saturated carbocycles. The summed E-state index contributed by atoms with van der Waals surface area (Å²) in [6.07, 6.45) is 3.09. The highest BCUT2D eigenvalue weighted by molar-refractivity contribution is 7.98. The zero-order valence-electron chi connectivity index (χ0n) is 10.2. The quantitative estimate of drug-likeness (QED) is 0.594.